The molecule has 7 nitrogen and oxygen atoms in total. The van der Waals surface area contributed by atoms with Gasteiger partial charge in [-0.15, -0.1) is 0 Å². The van der Waals surface area contributed by atoms with E-state index in [1.807, 2.05) is 18.2 Å². The number of para-hydroxylation sites is 1. The van der Waals surface area contributed by atoms with Crippen molar-refractivity contribution in [2.45, 2.75) is 63.2 Å². The molecule has 2 aromatic rings. The Bertz CT molecular complexity index is 882. The van der Waals surface area contributed by atoms with Crippen molar-refractivity contribution >= 4 is 23.0 Å². The van der Waals surface area contributed by atoms with E-state index in [1.165, 1.54) is 19.3 Å². The molecule has 4 atom stereocenters. The van der Waals surface area contributed by atoms with Crippen LogP contribution in [0.1, 0.15) is 49.4 Å². The summed E-state index contributed by atoms with van der Waals surface area (Å²) < 4.78 is 6.03. The van der Waals surface area contributed by atoms with Crippen LogP contribution in [0.25, 0.3) is 11.1 Å². The Hall–Kier alpha value is -2.12. The SMILES string of the molecule is C[C@H]1CNCCN1c1nc2c(C(=O)NC3C[C@H]4CCC[C@@H](C3)N4C)cccc2o1. The highest BCUT2D eigenvalue weighted by molar-refractivity contribution is 6.04. The number of carbonyl (C=O) groups excluding carboxylic acids is 1. The lowest BCUT2D eigenvalue weighted by atomic mass is 9.82. The maximum Gasteiger partial charge on any atom is 0.298 e. The van der Waals surface area contributed by atoms with Crippen LogP contribution in [0.2, 0.25) is 0 Å². The highest BCUT2D eigenvalue weighted by Crippen LogP contribution is 2.33. The second-order valence-electron chi connectivity index (χ2n) is 8.94. The number of rotatable bonds is 3. The molecule has 1 amide bonds. The van der Waals surface area contributed by atoms with E-state index in [-0.39, 0.29) is 11.9 Å². The number of nitrogens with one attached hydrogen (secondary N) is 2. The van der Waals surface area contributed by atoms with Gasteiger partial charge in [0.2, 0.25) is 0 Å². The van der Waals surface area contributed by atoms with Crippen molar-refractivity contribution in [2.75, 3.05) is 31.6 Å². The number of piperazine rings is 1. The van der Waals surface area contributed by atoms with Gasteiger partial charge in [-0.25, -0.2) is 0 Å². The first-order chi connectivity index (χ1) is 14.1. The molecule has 1 aromatic carbocycles. The molecule has 3 aliphatic rings. The number of fused-ring (bicyclic) bond motifs is 3. The number of oxazole rings is 1. The molecule has 5 rings (SSSR count). The molecule has 0 spiro atoms. The Morgan fingerprint density at radius 3 is 2.83 bits per heavy atom. The Kier molecular flexibility index (Phi) is 4.95. The maximum atomic E-state index is 13.1. The fourth-order valence-corrected chi connectivity index (χ4v) is 5.36. The van der Waals surface area contributed by atoms with Gasteiger partial charge >= 0.3 is 0 Å². The van der Waals surface area contributed by atoms with E-state index in [1.54, 1.807) is 0 Å². The van der Waals surface area contributed by atoms with Crippen LogP contribution in [0, 0.1) is 0 Å². The summed E-state index contributed by atoms with van der Waals surface area (Å²) in [4.78, 5) is 22.6. The van der Waals surface area contributed by atoms with Crippen LogP contribution < -0.4 is 15.5 Å². The lowest BCUT2D eigenvalue weighted by Gasteiger charge is -2.47. The number of benzene rings is 1. The topological polar surface area (TPSA) is 73.6 Å². The van der Waals surface area contributed by atoms with Crippen LogP contribution in [-0.4, -0.2) is 66.6 Å². The molecule has 3 saturated heterocycles. The minimum atomic E-state index is -0.0311. The number of amides is 1. The fourth-order valence-electron chi connectivity index (χ4n) is 5.36. The first-order valence-electron chi connectivity index (χ1n) is 11.0. The van der Waals surface area contributed by atoms with Crippen molar-refractivity contribution in [1.82, 2.24) is 20.5 Å². The van der Waals surface area contributed by atoms with Crippen molar-refractivity contribution in [3.63, 3.8) is 0 Å². The smallest absolute Gasteiger partial charge is 0.298 e. The molecule has 2 bridgehead atoms. The van der Waals surface area contributed by atoms with Gasteiger partial charge in [-0.05, 0) is 51.8 Å². The highest BCUT2D eigenvalue weighted by atomic mass is 16.4. The van der Waals surface area contributed by atoms with Crippen LogP contribution >= 0.6 is 0 Å². The molecular weight excluding hydrogens is 366 g/mol. The predicted octanol–water partition coefficient (Wildman–Crippen LogP) is 2.37. The van der Waals surface area contributed by atoms with Gasteiger partial charge in [0.1, 0.15) is 5.52 Å². The quantitative estimate of drug-likeness (QED) is 0.828. The summed E-state index contributed by atoms with van der Waals surface area (Å²) in [7, 11) is 2.24. The van der Waals surface area contributed by atoms with Crippen molar-refractivity contribution in [2.24, 2.45) is 0 Å². The summed E-state index contributed by atoms with van der Waals surface area (Å²) in [6, 6.07) is 8.00. The lowest BCUT2D eigenvalue weighted by molar-refractivity contribution is 0.0463. The van der Waals surface area contributed by atoms with Crippen LogP contribution in [0.5, 0.6) is 0 Å². The molecule has 2 N–H and O–H groups in total. The summed E-state index contributed by atoms with van der Waals surface area (Å²) in [5.74, 6) is -0.0311. The summed E-state index contributed by atoms with van der Waals surface area (Å²) in [6.07, 6.45) is 5.87. The van der Waals surface area contributed by atoms with E-state index in [9.17, 15) is 4.79 Å². The van der Waals surface area contributed by atoms with Crippen molar-refractivity contribution in [1.29, 1.82) is 0 Å². The number of aromatic nitrogens is 1. The molecule has 0 aliphatic carbocycles. The number of hydrogen-bond donors (Lipinski definition) is 2. The van der Waals surface area contributed by atoms with Gasteiger partial charge in [0, 0.05) is 43.8 Å². The summed E-state index contributed by atoms with van der Waals surface area (Å²) in [5.41, 5.74) is 1.96. The zero-order valence-corrected chi connectivity index (χ0v) is 17.4. The van der Waals surface area contributed by atoms with Crippen LogP contribution in [0.15, 0.2) is 22.6 Å². The molecule has 3 fully saturated rings. The molecular formula is C22H31N5O2. The lowest BCUT2D eigenvalue weighted by Crippen LogP contribution is -2.55. The van der Waals surface area contributed by atoms with E-state index < -0.39 is 0 Å². The zero-order valence-electron chi connectivity index (χ0n) is 17.4. The molecule has 0 saturated carbocycles. The number of hydrogen-bond acceptors (Lipinski definition) is 6. The first-order valence-corrected chi connectivity index (χ1v) is 11.0. The Morgan fingerprint density at radius 2 is 2.07 bits per heavy atom. The minimum Gasteiger partial charge on any atom is -0.423 e. The summed E-state index contributed by atoms with van der Waals surface area (Å²) in [5, 5.41) is 6.69. The third kappa shape index (κ3) is 3.51. The molecule has 1 unspecified atom stereocenters. The average molecular weight is 398 g/mol. The van der Waals surface area contributed by atoms with Crippen LogP contribution in [0.4, 0.5) is 6.01 Å². The van der Waals surface area contributed by atoms with Gasteiger partial charge in [0.15, 0.2) is 5.58 Å². The number of carbonyl (C=O) groups is 1. The molecule has 4 heterocycles. The van der Waals surface area contributed by atoms with Crippen LogP contribution in [-0.2, 0) is 0 Å². The molecule has 7 heteroatoms. The van der Waals surface area contributed by atoms with Gasteiger partial charge in [-0.3, -0.25) is 4.79 Å². The third-order valence-electron chi connectivity index (χ3n) is 7.07. The van der Waals surface area contributed by atoms with E-state index >= 15 is 0 Å². The maximum absolute atomic E-state index is 13.1. The van der Waals surface area contributed by atoms with E-state index in [2.05, 4.69) is 34.4 Å². The standard InChI is InChI=1S/C22H31N5O2/c1-14-13-23-9-10-27(14)22-25-20-18(7-4-8-19(20)29-22)21(28)24-15-11-16-5-3-6-17(12-15)26(16)2/h4,7-8,14-17,23H,3,5-6,9-13H2,1-2H3,(H,24,28)/t14-,15?,16-,17+/m0/s1. The van der Waals surface area contributed by atoms with Crippen molar-refractivity contribution in [3.8, 4) is 0 Å². The second-order valence-corrected chi connectivity index (χ2v) is 8.94. The molecule has 29 heavy (non-hydrogen) atoms. The Balaban J connectivity index is 1.36. The Labute approximate surface area is 171 Å². The highest BCUT2D eigenvalue weighted by Gasteiger charge is 2.36. The monoisotopic (exact) mass is 397 g/mol. The molecule has 0 radical (unpaired) electrons. The summed E-state index contributed by atoms with van der Waals surface area (Å²) in [6.45, 7) is 4.83. The van der Waals surface area contributed by atoms with E-state index in [0.717, 1.165) is 32.5 Å². The predicted molar refractivity (Wildman–Crippen MR) is 113 cm³/mol. The van der Waals surface area contributed by atoms with E-state index in [0.29, 0.717) is 40.8 Å². The number of anilines is 1. The summed E-state index contributed by atoms with van der Waals surface area (Å²) >= 11 is 0. The Morgan fingerprint density at radius 1 is 1.28 bits per heavy atom. The van der Waals surface area contributed by atoms with Crippen LogP contribution in [0.3, 0.4) is 0 Å². The van der Waals surface area contributed by atoms with Gasteiger partial charge in [0.25, 0.3) is 11.9 Å². The zero-order chi connectivity index (χ0) is 20.0. The van der Waals surface area contributed by atoms with Gasteiger partial charge in [-0.1, -0.05) is 12.5 Å². The van der Waals surface area contributed by atoms with Crippen molar-refractivity contribution < 1.29 is 9.21 Å². The largest absolute Gasteiger partial charge is 0.423 e. The normalized spacial score (nSPS) is 30.5. The van der Waals surface area contributed by atoms with Gasteiger partial charge in [-0.2, -0.15) is 4.98 Å². The number of nitrogens with zero attached hydrogens (tertiary/aromatic N) is 3. The average Bonchev–Trinajstić information content (AvgIpc) is 3.13. The fraction of sp³-hybridized carbons (Fsp3) is 0.636. The molecule has 1 aromatic heterocycles. The van der Waals surface area contributed by atoms with Gasteiger partial charge in [0.05, 0.1) is 5.56 Å². The van der Waals surface area contributed by atoms with E-state index in [4.69, 9.17) is 9.40 Å². The van der Waals surface area contributed by atoms with Crippen molar-refractivity contribution in [3.05, 3.63) is 23.8 Å². The molecule has 3 aliphatic heterocycles. The first kappa shape index (κ1) is 18.9. The third-order valence-corrected chi connectivity index (χ3v) is 7.07. The number of piperidine rings is 2. The second kappa shape index (κ2) is 7.61. The molecule has 156 valence electrons. The minimum absolute atomic E-state index is 0.0311. The van der Waals surface area contributed by atoms with Gasteiger partial charge < -0.3 is 24.9 Å².